The Morgan fingerprint density at radius 2 is 1.79 bits per heavy atom. The van der Waals surface area contributed by atoms with Crippen molar-refractivity contribution in [1.29, 1.82) is 0 Å². The molecule has 1 aliphatic heterocycles. The van der Waals surface area contributed by atoms with Gasteiger partial charge in [-0.15, -0.1) is 10.2 Å². The Morgan fingerprint density at radius 3 is 2.46 bits per heavy atom. The Morgan fingerprint density at radius 1 is 1.04 bits per heavy atom. The lowest BCUT2D eigenvalue weighted by atomic mass is 10.1. The minimum atomic E-state index is -4.71. The molecule has 0 unspecified atom stereocenters. The van der Waals surface area contributed by atoms with Crippen LogP contribution < -0.4 is 4.90 Å². The molecule has 4 rings (SSSR count). The zero-order valence-electron chi connectivity index (χ0n) is 14.4. The summed E-state index contributed by atoms with van der Waals surface area (Å²) < 4.78 is 42.3. The van der Waals surface area contributed by atoms with Gasteiger partial charge in [0.2, 0.25) is 0 Å². The van der Waals surface area contributed by atoms with Gasteiger partial charge in [-0.3, -0.25) is 10.1 Å². The van der Waals surface area contributed by atoms with Gasteiger partial charge in [0.15, 0.2) is 11.6 Å². The lowest BCUT2D eigenvalue weighted by Gasteiger charge is -2.31. The third kappa shape index (κ3) is 3.17. The van der Waals surface area contributed by atoms with Crippen LogP contribution >= 0.6 is 0 Å². The zero-order chi connectivity index (χ0) is 19.9. The molecule has 0 saturated carbocycles. The molecule has 3 aromatic rings. The lowest BCUT2D eigenvalue weighted by Crippen LogP contribution is -2.35. The van der Waals surface area contributed by atoms with Crippen LogP contribution in [0.4, 0.5) is 24.5 Å². The van der Waals surface area contributed by atoms with Crippen LogP contribution in [0, 0.1) is 10.1 Å². The van der Waals surface area contributed by atoms with Crippen LogP contribution in [0.2, 0.25) is 0 Å². The highest BCUT2D eigenvalue weighted by molar-refractivity contribution is 5.60. The van der Waals surface area contributed by atoms with Crippen molar-refractivity contribution in [1.82, 2.24) is 14.8 Å². The van der Waals surface area contributed by atoms with E-state index in [0.717, 1.165) is 17.7 Å². The van der Waals surface area contributed by atoms with Crippen molar-refractivity contribution < 1.29 is 18.1 Å². The van der Waals surface area contributed by atoms with Gasteiger partial charge in [0.1, 0.15) is 0 Å². The van der Waals surface area contributed by atoms with E-state index >= 15 is 0 Å². The number of aromatic nitrogens is 3. The van der Waals surface area contributed by atoms with Crippen molar-refractivity contribution in [3.63, 3.8) is 0 Å². The number of rotatable bonds is 3. The molecule has 2 heterocycles. The summed E-state index contributed by atoms with van der Waals surface area (Å²) in [5.41, 5.74) is -0.852. The maximum Gasteiger partial charge on any atom is 0.418 e. The third-order valence-electron chi connectivity index (χ3n) is 4.62. The maximum atomic E-state index is 13.5. The predicted octanol–water partition coefficient (Wildman–Crippen LogP) is 3.89. The molecule has 0 bridgehead atoms. The number of non-ortho nitro benzene ring substituents is 1. The van der Waals surface area contributed by atoms with Crippen molar-refractivity contribution in [2.45, 2.75) is 19.3 Å². The molecule has 28 heavy (non-hydrogen) atoms. The van der Waals surface area contributed by atoms with E-state index in [4.69, 9.17) is 0 Å². The first-order chi connectivity index (χ1) is 13.3. The summed E-state index contributed by atoms with van der Waals surface area (Å²) in [6, 6.07) is 12.2. The zero-order valence-corrected chi connectivity index (χ0v) is 14.4. The summed E-state index contributed by atoms with van der Waals surface area (Å²) >= 11 is 0. The average Bonchev–Trinajstić information content (AvgIpc) is 3.10. The first-order valence-electron chi connectivity index (χ1n) is 8.42. The van der Waals surface area contributed by atoms with Gasteiger partial charge in [0, 0.05) is 36.5 Å². The number of fused-ring (bicyclic) bond motifs is 1. The normalized spacial score (nSPS) is 14.0. The number of anilines is 1. The van der Waals surface area contributed by atoms with Gasteiger partial charge in [-0.25, -0.2) is 0 Å². The van der Waals surface area contributed by atoms with E-state index in [1.165, 1.54) is 4.90 Å². The number of nitro groups is 1. The van der Waals surface area contributed by atoms with E-state index in [-0.39, 0.29) is 12.2 Å². The van der Waals surface area contributed by atoms with Crippen LogP contribution in [0.5, 0.6) is 0 Å². The minimum Gasteiger partial charge on any atom is -0.362 e. The molecule has 0 N–H and O–H groups in total. The summed E-state index contributed by atoms with van der Waals surface area (Å²) in [5, 5.41) is 19.2. The molecule has 144 valence electrons. The Kier molecular flexibility index (Phi) is 4.25. The number of hydrogen-bond donors (Lipinski definition) is 0. The number of nitro benzene ring substituents is 1. The van der Waals surface area contributed by atoms with Gasteiger partial charge < -0.3 is 9.47 Å². The van der Waals surface area contributed by atoms with E-state index in [1.807, 2.05) is 34.9 Å². The first-order valence-corrected chi connectivity index (χ1v) is 8.42. The summed E-state index contributed by atoms with van der Waals surface area (Å²) in [6.45, 7) is 0.827. The molecular formula is C18H14F3N5O2. The third-order valence-corrected chi connectivity index (χ3v) is 4.62. The number of hydrogen-bond acceptors (Lipinski definition) is 5. The van der Waals surface area contributed by atoms with E-state index in [9.17, 15) is 23.3 Å². The highest BCUT2D eigenvalue weighted by Crippen LogP contribution is 2.39. The molecule has 1 aromatic heterocycles. The molecular weight excluding hydrogens is 375 g/mol. The van der Waals surface area contributed by atoms with Crippen LogP contribution in [-0.4, -0.2) is 26.2 Å². The second-order valence-corrected chi connectivity index (χ2v) is 6.34. The lowest BCUT2D eigenvalue weighted by molar-refractivity contribution is -0.385. The Labute approximate surface area is 157 Å². The molecule has 0 spiro atoms. The van der Waals surface area contributed by atoms with Crippen molar-refractivity contribution in [2.75, 3.05) is 11.4 Å². The van der Waals surface area contributed by atoms with E-state index in [0.29, 0.717) is 30.8 Å². The smallest absolute Gasteiger partial charge is 0.362 e. The van der Waals surface area contributed by atoms with Gasteiger partial charge in [-0.1, -0.05) is 30.3 Å². The molecule has 10 heteroatoms. The number of benzene rings is 2. The standard InChI is InChI=1S/C18H14F3N5O2/c19-18(20,21)14-10-13(26(27)28)6-7-15(14)24-8-9-25-16(11-24)22-23-17(25)12-4-2-1-3-5-12/h1-7,10H,8-9,11H2. The Hall–Kier alpha value is -3.43. The quantitative estimate of drug-likeness (QED) is 0.502. The van der Waals surface area contributed by atoms with Crippen molar-refractivity contribution in [3.05, 3.63) is 70.0 Å². The second kappa shape index (κ2) is 6.63. The van der Waals surface area contributed by atoms with E-state index in [1.54, 1.807) is 0 Å². The Balaban J connectivity index is 1.69. The van der Waals surface area contributed by atoms with Crippen molar-refractivity contribution in [3.8, 4) is 11.4 Å². The van der Waals surface area contributed by atoms with Crippen molar-refractivity contribution in [2.24, 2.45) is 0 Å². The highest BCUT2D eigenvalue weighted by Gasteiger charge is 2.37. The highest BCUT2D eigenvalue weighted by atomic mass is 19.4. The van der Waals surface area contributed by atoms with Crippen LogP contribution in [-0.2, 0) is 19.3 Å². The average molecular weight is 389 g/mol. The van der Waals surface area contributed by atoms with E-state index < -0.39 is 22.4 Å². The van der Waals surface area contributed by atoms with Gasteiger partial charge in [0.05, 0.1) is 17.0 Å². The molecule has 0 amide bonds. The molecule has 0 aliphatic carbocycles. The Bertz CT molecular complexity index is 1030. The fourth-order valence-electron chi connectivity index (χ4n) is 3.30. The fourth-order valence-corrected chi connectivity index (χ4v) is 3.30. The molecule has 0 fully saturated rings. The van der Waals surface area contributed by atoms with Crippen LogP contribution in [0.25, 0.3) is 11.4 Å². The monoisotopic (exact) mass is 389 g/mol. The second-order valence-electron chi connectivity index (χ2n) is 6.34. The molecule has 0 atom stereocenters. The minimum absolute atomic E-state index is 0.103. The van der Waals surface area contributed by atoms with Crippen molar-refractivity contribution >= 4 is 11.4 Å². The molecule has 0 saturated heterocycles. The van der Waals surface area contributed by atoms with Crippen LogP contribution in [0.1, 0.15) is 11.4 Å². The van der Waals surface area contributed by atoms with Crippen LogP contribution in [0.3, 0.4) is 0 Å². The maximum absolute atomic E-state index is 13.5. The van der Waals surface area contributed by atoms with Gasteiger partial charge >= 0.3 is 6.18 Å². The SMILES string of the molecule is O=[N+]([O-])c1ccc(N2CCn3c(nnc3-c3ccccc3)C2)c(C(F)(F)F)c1. The number of alkyl halides is 3. The molecule has 2 aromatic carbocycles. The van der Waals surface area contributed by atoms with Gasteiger partial charge in [-0.2, -0.15) is 13.2 Å². The summed E-state index contributed by atoms with van der Waals surface area (Å²) in [5.74, 6) is 1.20. The molecule has 0 radical (unpaired) electrons. The largest absolute Gasteiger partial charge is 0.418 e. The van der Waals surface area contributed by atoms with Gasteiger partial charge in [-0.05, 0) is 6.07 Å². The molecule has 1 aliphatic rings. The van der Waals surface area contributed by atoms with Crippen LogP contribution in [0.15, 0.2) is 48.5 Å². The number of nitrogens with zero attached hydrogens (tertiary/aromatic N) is 5. The summed E-state index contributed by atoms with van der Waals surface area (Å²) in [6.07, 6.45) is -4.71. The fraction of sp³-hybridized carbons (Fsp3) is 0.222. The topological polar surface area (TPSA) is 77.1 Å². The summed E-state index contributed by atoms with van der Waals surface area (Å²) in [7, 11) is 0. The van der Waals surface area contributed by atoms with Gasteiger partial charge in [0.25, 0.3) is 5.69 Å². The summed E-state index contributed by atoms with van der Waals surface area (Å²) in [4.78, 5) is 11.6. The van der Waals surface area contributed by atoms with E-state index in [2.05, 4.69) is 10.2 Å². The first kappa shape index (κ1) is 18.0. The molecule has 7 nitrogen and oxygen atoms in total. The number of halogens is 3. The predicted molar refractivity (Wildman–Crippen MR) is 94.6 cm³/mol.